The van der Waals surface area contributed by atoms with Crippen LogP contribution in [0.25, 0.3) is 0 Å². The van der Waals surface area contributed by atoms with E-state index < -0.39 is 17.8 Å². The van der Waals surface area contributed by atoms with Crippen LogP contribution in [-0.4, -0.2) is 17.0 Å². The summed E-state index contributed by atoms with van der Waals surface area (Å²) >= 11 is 0. The Morgan fingerprint density at radius 3 is 2.05 bits per heavy atom. The first-order valence-electron chi connectivity index (χ1n) is 6.42. The number of rotatable bonds is 5. The summed E-state index contributed by atoms with van der Waals surface area (Å²) < 4.78 is 0. The number of benzene rings is 1. The van der Waals surface area contributed by atoms with Crippen LogP contribution in [0.5, 0.6) is 0 Å². The zero-order chi connectivity index (χ0) is 14.6. The molecule has 1 amide bonds. The van der Waals surface area contributed by atoms with E-state index in [1.807, 2.05) is 38.1 Å². The molecule has 19 heavy (non-hydrogen) atoms. The van der Waals surface area contributed by atoms with Gasteiger partial charge < -0.3 is 10.4 Å². The van der Waals surface area contributed by atoms with Crippen molar-refractivity contribution < 1.29 is 14.7 Å². The van der Waals surface area contributed by atoms with Crippen molar-refractivity contribution in [1.82, 2.24) is 5.32 Å². The first-order chi connectivity index (χ1) is 8.82. The number of carboxylic acids is 1. The zero-order valence-electron chi connectivity index (χ0n) is 11.8. The van der Waals surface area contributed by atoms with E-state index in [0.717, 1.165) is 11.1 Å². The lowest BCUT2D eigenvalue weighted by Gasteiger charge is -2.20. The number of hydrogen-bond acceptors (Lipinski definition) is 2. The van der Waals surface area contributed by atoms with Crippen LogP contribution in [0, 0.1) is 18.8 Å². The fourth-order valence-electron chi connectivity index (χ4n) is 1.72. The van der Waals surface area contributed by atoms with Gasteiger partial charge in [0.15, 0.2) is 0 Å². The van der Waals surface area contributed by atoms with Crippen molar-refractivity contribution in [3.8, 4) is 0 Å². The van der Waals surface area contributed by atoms with Crippen LogP contribution in [-0.2, 0) is 9.59 Å². The number of aryl methyl sites for hydroxylation is 1. The second-order valence-corrected chi connectivity index (χ2v) is 5.06. The smallest absolute Gasteiger partial charge is 0.307 e. The lowest BCUT2D eigenvalue weighted by molar-refractivity contribution is -0.146. The Bertz CT molecular complexity index is 453. The molecule has 2 unspecified atom stereocenters. The predicted octanol–water partition coefficient (Wildman–Crippen LogP) is 2.53. The molecule has 0 saturated carbocycles. The number of hydrogen-bond donors (Lipinski definition) is 2. The van der Waals surface area contributed by atoms with Gasteiger partial charge in [0.2, 0.25) is 5.91 Å². The highest BCUT2D eigenvalue weighted by Crippen LogP contribution is 2.16. The molecule has 0 aromatic heterocycles. The summed E-state index contributed by atoms with van der Waals surface area (Å²) in [4.78, 5) is 22.8. The molecule has 0 radical (unpaired) electrons. The van der Waals surface area contributed by atoms with Gasteiger partial charge in [0.25, 0.3) is 0 Å². The molecule has 2 N–H and O–H groups in total. The van der Waals surface area contributed by atoms with Gasteiger partial charge in [0.05, 0.1) is 12.0 Å². The third-order valence-electron chi connectivity index (χ3n) is 3.49. The van der Waals surface area contributed by atoms with Crippen molar-refractivity contribution >= 4 is 11.9 Å². The Hall–Kier alpha value is -1.84. The minimum absolute atomic E-state index is 0.128. The third-order valence-corrected chi connectivity index (χ3v) is 3.49. The van der Waals surface area contributed by atoms with Crippen LogP contribution in [0.15, 0.2) is 24.3 Å². The van der Waals surface area contributed by atoms with E-state index in [2.05, 4.69) is 5.32 Å². The second kappa shape index (κ2) is 6.36. The largest absolute Gasteiger partial charge is 0.481 e. The summed E-state index contributed by atoms with van der Waals surface area (Å²) in [6, 6.07) is 7.77. The second-order valence-electron chi connectivity index (χ2n) is 5.06. The van der Waals surface area contributed by atoms with Gasteiger partial charge in [0, 0.05) is 5.92 Å². The van der Waals surface area contributed by atoms with Gasteiger partial charge in [-0.1, -0.05) is 43.7 Å². The molecule has 0 aliphatic carbocycles. The zero-order valence-corrected chi connectivity index (χ0v) is 11.8. The van der Waals surface area contributed by atoms with Crippen molar-refractivity contribution in [2.24, 2.45) is 11.8 Å². The number of aliphatic carboxylic acids is 1. The maximum Gasteiger partial charge on any atom is 0.307 e. The van der Waals surface area contributed by atoms with Crippen LogP contribution in [0.1, 0.15) is 37.9 Å². The van der Waals surface area contributed by atoms with Crippen LogP contribution >= 0.6 is 0 Å². The molecule has 0 aliphatic heterocycles. The summed E-state index contributed by atoms with van der Waals surface area (Å²) in [5.41, 5.74) is 2.17. The average molecular weight is 263 g/mol. The van der Waals surface area contributed by atoms with E-state index in [0.29, 0.717) is 0 Å². The number of amides is 1. The fraction of sp³-hybridized carbons (Fsp3) is 0.467. The molecule has 0 fully saturated rings. The van der Waals surface area contributed by atoms with Gasteiger partial charge in [-0.3, -0.25) is 9.59 Å². The molecule has 0 spiro atoms. The van der Waals surface area contributed by atoms with E-state index in [1.54, 1.807) is 13.8 Å². The van der Waals surface area contributed by atoms with E-state index >= 15 is 0 Å². The summed E-state index contributed by atoms with van der Waals surface area (Å²) in [5, 5.41) is 11.8. The summed E-state index contributed by atoms with van der Waals surface area (Å²) in [5.74, 6) is -2.43. The Kier molecular flexibility index (Phi) is 5.10. The summed E-state index contributed by atoms with van der Waals surface area (Å²) in [6.45, 7) is 7.07. The van der Waals surface area contributed by atoms with Crippen LogP contribution < -0.4 is 5.32 Å². The molecular weight excluding hydrogens is 242 g/mol. The molecule has 4 nitrogen and oxygen atoms in total. The number of carbonyl (C=O) groups is 2. The molecule has 1 aromatic carbocycles. The highest BCUT2D eigenvalue weighted by molar-refractivity contribution is 5.84. The molecule has 1 aromatic rings. The van der Waals surface area contributed by atoms with Gasteiger partial charge in [-0.25, -0.2) is 0 Å². The van der Waals surface area contributed by atoms with Gasteiger partial charge in [0.1, 0.15) is 0 Å². The predicted molar refractivity (Wildman–Crippen MR) is 73.7 cm³/mol. The van der Waals surface area contributed by atoms with Crippen LogP contribution in [0.3, 0.4) is 0 Å². The molecule has 4 heteroatoms. The summed E-state index contributed by atoms with van der Waals surface area (Å²) in [7, 11) is 0. The van der Waals surface area contributed by atoms with Crippen molar-refractivity contribution in [2.45, 2.75) is 33.7 Å². The Morgan fingerprint density at radius 2 is 1.58 bits per heavy atom. The van der Waals surface area contributed by atoms with Crippen LogP contribution in [0.2, 0.25) is 0 Å². The Morgan fingerprint density at radius 1 is 1.05 bits per heavy atom. The molecule has 104 valence electrons. The average Bonchev–Trinajstić information content (AvgIpc) is 2.37. The highest BCUT2D eigenvalue weighted by atomic mass is 16.4. The summed E-state index contributed by atoms with van der Waals surface area (Å²) in [6.07, 6.45) is 0. The molecule has 0 heterocycles. The number of nitrogens with one attached hydrogen (secondary N) is 1. The minimum Gasteiger partial charge on any atom is -0.481 e. The number of carbonyl (C=O) groups excluding carboxylic acids is 1. The normalized spacial score (nSPS) is 15.4. The van der Waals surface area contributed by atoms with Crippen molar-refractivity contribution in [1.29, 1.82) is 0 Å². The molecule has 0 bridgehead atoms. The maximum absolute atomic E-state index is 12.0. The first-order valence-corrected chi connectivity index (χ1v) is 6.42. The molecule has 1 rings (SSSR count). The Labute approximate surface area is 113 Å². The van der Waals surface area contributed by atoms with Gasteiger partial charge in [-0.2, -0.15) is 0 Å². The van der Waals surface area contributed by atoms with Gasteiger partial charge >= 0.3 is 5.97 Å². The van der Waals surface area contributed by atoms with Gasteiger partial charge in [-0.15, -0.1) is 0 Å². The fourth-order valence-corrected chi connectivity index (χ4v) is 1.72. The third kappa shape index (κ3) is 4.09. The molecule has 0 saturated heterocycles. The van der Waals surface area contributed by atoms with E-state index in [9.17, 15) is 9.59 Å². The lowest BCUT2D eigenvalue weighted by atomic mass is 9.94. The lowest BCUT2D eigenvalue weighted by Crippen LogP contribution is -2.36. The van der Waals surface area contributed by atoms with Crippen molar-refractivity contribution in [3.05, 3.63) is 35.4 Å². The van der Waals surface area contributed by atoms with Gasteiger partial charge in [-0.05, 0) is 19.4 Å². The molecule has 3 atom stereocenters. The number of carboxylic acid groups (broad SMARTS) is 1. The van der Waals surface area contributed by atoms with E-state index in [4.69, 9.17) is 5.11 Å². The van der Waals surface area contributed by atoms with Crippen molar-refractivity contribution in [3.63, 3.8) is 0 Å². The SMILES string of the molecule is Cc1ccc([C@H](C)NC(=O)C(C)C(C)C(=O)O)cc1. The van der Waals surface area contributed by atoms with E-state index in [1.165, 1.54) is 0 Å². The first kappa shape index (κ1) is 15.2. The van der Waals surface area contributed by atoms with Crippen molar-refractivity contribution in [2.75, 3.05) is 0 Å². The minimum atomic E-state index is -0.953. The molecule has 0 aliphatic rings. The monoisotopic (exact) mass is 263 g/mol. The maximum atomic E-state index is 12.0. The standard InChI is InChI=1S/C15H21NO3/c1-9-5-7-13(8-6-9)12(4)16-14(17)10(2)11(3)15(18)19/h5-8,10-12H,1-4H3,(H,16,17)(H,18,19)/t10?,11?,12-/m0/s1. The topological polar surface area (TPSA) is 66.4 Å². The van der Waals surface area contributed by atoms with Crippen LogP contribution in [0.4, 0.5) is 0 Å². The highest BCUT2D eigenvalue weighted by Gasteiger charge is 2.26. The quantitative estimate of drug-likeness (QED) is 0.858. The molecular formula is C15H21NO3. The Balaban J connectivity index is 2.66. The van der Waals surface area contributed by atoms with E-state index in [-0.39, 0.29) is 11.9 Å².